The number of ether oxygens (including phenoxy) is 1. The Bertz CT molecular complexity index is 696. The lowest BCUT2D eigenvalue weighted by Crippen LogP contribution is -2.48. The first-order valence-corrected chi connectivity index (χ1v) is 8.41. The number of thiazole rings is 1. The highest BCUT2D eigenvalue weighted by molar-refractivity contribution is 7.22. The van der Waals surface area contributed by atoms with Gasteiger partial charge in [0.1, 0.15) is 9.88 Å². The van der Waals surface area contributed by atoms with Gasteiger partial charge in [-0.2, -0.15) is 0 Å². The average Bonchev–Trinajstić information content (AvgIpc) is 3.16. The summed E-state index contributed by atoms with van der Waals surface area (Å²) in [6.07, 6.45) is -0.956. The number of aryl methyl sites for hydroxylation is 1. The van der Waals surface area contributed by atoms with Gasteiger partial charge in [-0.05, 0) is 18.4 Å². The van der Waals surface area contributed by atoms with Crippen LogP contribution >= 0.6 is 22.7 Å². The number of morpholine rings is 1. The van der Waals surface area contributed by atoms with Gasteiger partial charge in [-0.1, -0.05) is 6.07 Å². The van der Waals surface area contributed by atoms with E-state index in [0.29, 0.717) is 17.1 Å². The molecule has 2 aromatic heterocycles. The Balaban J connectivity index is 1.82. The van der Waals surface area contributed by atoms with Crippen LogP contribution in [0.25, 0.3) is 9.88 Å². The van der Waals surface area contributed by atoms with Gasteiger partial charge in [0.15, 0.2) is 6.10 Å². The maximum atomic E-state index is 12.6. The van der Waals surface area contributed by atoms with E-state index in [2.05, 4.69) is 4.98 Å². The van der Waals surface area contributed by atoms with Crippen LogP contribution in [0.1, 0.15) is 15.4 Å². The fourth-order valence-electron chi connectivity index (χ4n) is 2.23. The lowest BCUT2D eigenvalue weighted by Gasteiger charge is -2.30. The molecule has 1 N–H and O–H groups in total. The van der Waals surface area contributed by atoms with E-state index in [1.165, 1.54) is 16.2 Å². The lowest BCUT2D eigenvalue weighted by atomic mass is 10.2. The zero-order valence-corrected chi connectivity index (χ0v) is 13.4. The summed E-state index contributed by atoms with van der Waals surface area (Å²) in [6, 6.07) is 3.91. The van der Waals surface area contributed by atoms with Crippen LogP contribution in [-0.2, 0) is 9.53 Å². The highest BCUT2D eigenvalue weighted by Crippen LogP contribution is 2.31. The van der Waals surface area contributed by atoms with E-state index in [1.54, 1.807) is 18.3 Å². The van der Waals surface area contributed by atoms with Gasteiger partial charge < -0.3 is 14.7 Å². The molecule has 1 fully saturated rings. The predicted octanol–water partition coefficient (Wildman–Crippen LogP) is 2.11. The van der Waals surface area contributed by atoms with E-state index in [9.17, 15) is 9.59 Å². The molecule has 0 saturated carbocycles. The lowest BCUT2D eigenvalue weighted by molar-refractivity contribution is -0.154. The number of nitrogens with zero attached hydrogens (tertiary/aromatic N) is 2. The van der Waals surface area contributed by atoms with Gasteiger partial charge in [-0.25, -0.2) is 9.78 Å². The molecule has 0 bridgehead atoms. The van der Waals surface area contributed by atoms with Gasteiger partial charge >= 0.3 is 5.97 Å². The van der Waals surface area contributed by atoms with Crippen LogP contribution in [0, 0.1) is 6.92 Å². The van der Waals surface area contributed by atoms with Crippen LogP contribution < -0.4 is 0 Å². The molecule has 1 amide bonds. The molecule has 1 saturated heterocycles. The molecule has 116 valence electrons. The number of rotatable bonds is 3. The summed E-state index contributed by atoms with van der Waals surface area (Å²) in [5.74, 6) is -1.22. The van der Waals surface area contributed by atoms with Gasteiger partial charge in [0.2, 0.25) is 0 Å². The number of carboxylic acid groups (broad SMARTS) is 1. The summed E-state index contributed by atoms with van der Waals surface area (Å²) in [6.45, 7) is 2.50. The first kappa shape index (κ1) is 15.1. The molecule has 0 spiro atoms. The molecule has 8 heteroatoms. The molecule has 6 nitrogen and oxygen atoms in total. The molecular weight excluding hydrogens is 324 g/mol. The van der Waals surface area contributed by atoms with E-state index in [-0.39, 0.29) is 19.1 Å². The summed E-state index contributed by atoms with van der Waals surface area (Å²) in [7, 11) is 0. The van der Waals surface area contributed by atoms with Crippen molar-refractivity contribution in [3.05, 3.63) is 28.1 Å². The summed E-state index contributed by atoms with van der Waals surface area (Å²) < 4.78 is 5.15. The van der Waals surface area contributed by atoms with Crippen molar-refractivity contribution >= 4 is 34.6 Å². The second kappa shape index (κ2) is 6.15. The van der Waals surface area contributed by atoms with E-state index in [4.69, 9.17) is 9.84 Å². The fraction of sp³-hybridized carbons (Fsp3) is 0.357. The third-order valence-electron chi connectivity index (χ3n) is 3.35. The second-order valence-electron chi connectivity index (χ2n) is 4.86. The Morgan fingerprint density at radius 3 is 3.00 bits per heavy atom. The van der Waals surface area contributed by atoms with Gasteiger partial charge in [0.05, 0.1) is 23.7 Å². The number of carbonyl (C=O) groups is 2. The molecule has 1 aliphatic rings. The van der Waals surface area contributed by atoms with E-state index >= 15 is 0 Å². The van der Waals surface area contributed by atoms with Gasteiger partial charge in [0.25, 0.3) is 5.91 Å². The molecule has 0 aliphatic carbocycles. The van der Waals surface area contributed by atoms with Crippen molar-refractivity contribution < 1.29 is 19.4 Å². The maximum absolute atomic E-state index is 12.6. The van der Waals surface area contributed by atoms with Crippen molar-refractivity contribution in [3.63, 3.8) is 0 Å². The van der Waals surface area contributed by atoms with Crippen LogP contribution in [0.2, 0.25) is 0 Å². The Morgan fingerprint density at radius 1 is 1.50 bits per heavy atom. The van der Waals surface area contributed by atoms with E-state index in [0.717, 1.165) is 9.88 Å². The molecule has 0 radical (unpaired) electrons. The average molecular weight is 338 g/mol. The molecule has 1 aliphatic heterocycles. The topological polar surface area (TPSA) is 79.7 Å². The third kappa shape index (κ3) is 2.90. The number of amides is 1. The molecule has 1 atom stereocenters. The van der Waals surface area contributed by atoms with E-state index in [1.807, 2.05) is 17.5 Å². The van der Waals surface area contributed by atoms with Gasteiger partial charge in [0, 0.05) is 6.54 Å². The van der Waals surface area contributed by atoms with Crippen LogP contribution in [0.5, 0.6) is 0 Å². The Morgan fingerprint density at radius 2 is 2.32 bits per heavy atom. The monoisotopic (exact) mass is 338 g/mol. The highest BCUT2D eigenvalue weighted by Gasteiger charge is 2.31. The van der Waals surface area contributed by atoms with Crippen molar-refractivity contribution in [1.29, 1.82) is 0 Å². The number of hydrogen-bond donors (Lipinski definition) is 1. The standard InChI is InChI=1S/C14H14N2O4S2/c1-8-11(22-12(15-8)10-3-2-6-21-10)13(17)16-4-5-20-9(7-16)14(18)19/h2-3,6,9H,4-5,7H2,1H3,(H,18,19)/t9-/m0/s1. The summed E-state index contributed by atoms with van der Waals surface area (Å²) in [4.78, 5) is 31.2. The van der Waals surface area contributed by atoms with Crippen molar-refractivity contribution in [1.82, 2.24) is 9.88 Å². The van der Waals surface area contributed by atoms with Crippen LogP contribution in [0.15, 0.2) is 17.5 Å². The fourth-order valence-corrected chi connectivity index (χ4v) is 4.06. The Hall–Kier alpha value is -1.77. The molecule has 0 aromatic carbocycles. The zero-order chi connectivity index (χ0) is 15.7. The number of carbonyl (C=O) groups excluding carboxylic acids is 1. The normalized spacial score (nSPS) is 18.4. The minimum atomic E-state index is -1.04. The number of hydrogen-bond acceptors (Lipinski definition) is 6. The number of aliphatic carboxylic acids is 1. The van der Waals surface area contributed by atoms with E-state index < -0.39 is 12.1 Å². The molecule has 22 heavy (non-hydrogen) atoms. The van der Waals surface area contributed by atoms with Crippen molar-refractivity contribution in [2.45, 2.75) is 13.0 Å². The first-order chi connectivity index (χ1) is 10.6. The maximum Gasteiger partial charge on any atom is 0.334 e. The number of carboxylic acids is 1. The molecule has 2 aromatic rings. The van der Waals surface area contributed by atoms with Gasteiger partial charge in [-0.15, -0.1) is 22.7 Å². The molecule has 0 unspecified atom stereocenters. The second-order valence-corrected chi connectivity index (χ2v) is 6.81. The minimum absolute atomic E-state index is 0.0693. The number of aromatic nitrogens is 1. The molecule has 3 heterocycles. The van der Waals surface area contributed by atoms with Gasteiger partial charge in [-0.3, -0.25) is 4.79 Å². The summed E-state index contributed by atoms with van der Waals surface area (Å²) in [5.41, 5.74) is 0.678. The molecular formula is C14H14N2O4S2. The zero-order valence-electron chi connectivity index (χ0n) is 11.8. The van der Waals surface area contributed by atoms with Crippen LogP contribution in [0.3, 0.4) is 0 Å². The van der Waals surface area contributed by atoms with Crippen molar-refractivity contribution in [2.75, 3.05) is 19.7 Å². The van der Waals surface area contributed by atoms with Crippen LogP contribution in [0.4, 0.5) is 0 Å². The third-order valence-corrected chi connectivity index (χ3v) is 5.54. The smallest absolute Gasteiger partial charge is 0.334 e. The van der Waals surface area contributed by atoms with Crippen molar-refractivity contribution in [3.8, 4) is 9.88 Å². The Kier molecular flexibility index (Phi) is 4.23. The van der Waals surface area contributed by atoms with Crippen molar-refractivity contribution in [2.24, 2.45) is 0 Å². The summed E-state index contributed by atoms with van der Waals surface area (Å²) >= 11 is 2.92. The number of thiophene rings is 1. The predicted molar refractivity (Wildman–Crippen MR) is 83.4 cm³/mol. The molecule has 3 rings (SSSR count). The van der Waals surface area contributed by atoms with Crippen LogP contribution in [-0.4, -0.2) is 52.7 Å². The SMILES string of the molecule is Cc1nc(-c2cccs2)sc1C(=O)N1CCO[C@H](C(=O)O)C1. The summed E-state index contributed by atoms with van der Waals surface area (Å²) in [5, 5.41) is 11.8. The quantitative estimate of drug-likeness (QED) is 0.927. The Labute approximate surface area is 135 Å². The first-order valence-electron chi connectivity index (χ1n) is 6.71. The minimum Gasteiger partial charge on any atom is -0.479 e. The highest BCUT2D eigenvalue weighted by atomic mass is 32.1. The largest absolute Gasteiger partial charge is 0.479 e.